The van der Waals surface area contributed by atoms with Crippen molar-refractivity contribution in [1.29, 1.82) is 5.26 Å². The van der Waals surface area contributed by atoms with Crippen LogP contribution in [0.3, 0.4) is 0 Å². The Balaban J connectivity index is 1.65. The smallest absolute Gasteiger partial charge is 0.201 e. The molecule has 0 aliphatic rings. The lowest BCUT2D eigenvalue weighted by atomic mass is 10.1. The van der Waals surface area contributed by atoms with Crippen molar-refractivity contribution in [1.82, 2.24) is 9.97 Å². The molecular weight excluding hydrogens is 284 g/mol. The second-order valence-corrected chi connectivity index (χ2v) is 5.17. The molecule has 21 heavy (non-hydrogen) atoms. The van der Waals surface area contributed by atoms with Crippen LogP contribution in [0.2, 0.25) is 5.02 Å². The van der Waals surface area contributed by atoms with Gasteiger partial charge in [-0.1, -0.05) is 23.7 Å². The molecule has 0 aliphatic heterocycles. The molecule has 0 radical (unpaired) electrons. The quantitative estimate of drug-likeness (QED) is 0.771. The van der Waals surface area contributed by atoms with Gasteiger partial charge in [0.15, 0.2) is 0 Å². The Morgan fingerprint density at radius 1 is 1.19 bits per heavy atom. The van der Waals surface area contributed by atoms with E-state index in [0.29, 0.717) is 11.5 Å². The normalized spacial score (nSPS) is 10.5. The fourth-order valence-corrected chi connectivity index (χ4v) is 2.27. The minimum Gasteiger partial charge on any atom is -0.355 e. The number of benzene rings is 2. The highest BCUT2D eigenvalue weighted by atomic mass is 35.5. The summed E-state index contributed by atoms with van der Waals surface area (Å²) in [5.41, 5.74) is 3.56. The molecule has 1 aromatic heterocycles. The van der Waals surface area contributed by atoms with E-state index in [1.165, 1.54) is 5.56 Å². The van der Waals surface area contributed by atoms with Crippen LogP contribution >= 0.6 is 11.6 Å². The van der Waals surface area contributed by atoms with Gasteiger partial charge in [0.2, 0.25) is 5.95 Å². The van der Waals surface area contributed by atoms with E-state index < -0.39 is 0 Å². The average Bonchev–Trinajstić information content (AvgIpc) is 2.91. The Kier molecular flexibility index (Phi) is 3.76. The summed E-state index contributed by atoms with van der Waals surface area (Å²) in [5, 5.41) is 12.9. The number of hydrogen-bond donors (Lipinski definition) is 2. The molecule has 0 bridgehead atoms. The molecule has 0 amide bonds. The molecule has 0 saturated heterocycles. The van der Waals surface area contributed by atoms with Crippen LogP contribution in [0.4, 0.5) is 5.95 Å². The monoisotopic (exact) mass is 296 g/mol. The van der Waals surface area contributed by atoms with E-state index >= 15 is 0 Å². The molecule has 5 heteroatoms. The third-order valence-corrected chi connectivity index (χ3v) is 3.48. The molecule has 0 spiro atoms. The molecule has 1 heterocycles. The summed E-state index contributed by atoms with van der Waals surface area (Å²) >= 11 is 5.86. The van der Waals surface area contributed by atoms with Crippen LogP contribution in [0, 0.1) is 11.3 Å². The first-order chi connectivity index (χ1) is 10.2. The zero-order valence-corrected chi connectivity index (χ0v) is 12.0. The highest BCUT2D eigenvalue weighted by Crippen LogP contribution is 2.16. The zero-order chi connectivity index (χ0) is 14.7. The summed E-state index contributed by atoms with van der Waals surface area (Å²) in [6, 6.07) is 15.3. The molecule has 104 valence electrons. The van der Waals surface area contributed by atoms with Crippen LogP contribution in [0.1, 0.15) is 11.1 Å². The number of nitrogens with one attached hydrogen (secondary N) is 2. The maximum absolute atomic E-state index is 8.88. The van der Waals surface area contributed by atoms with Crippen LogP contribution in [-0.4, -0.2) is 16.5 Å². The van der Waals surface area contributed by atoms with E-state index in [-0.39, 0.29) is 0 Å². The van der Waals surface area contributed by atoms with Crippen molar-refractivity contribution in [3.8, 4) is 6.07 Å². The number of nitrogens with zero attached hydrogens (tertiary/aromatic N) is 2. The van der Waals surface area contributed by atoms with Gasteiger partial charge < -0.3 is 10.3 Å². The lowest BCUT2D eigenvalue weighted by Crippen LogP contribution is -2.05. The Labute approximate surface area is 127 Å². The molecule has 0 unspecified atom stereocenters. The fraction of sp³-hybridized carbons (Fsp3) is 0.125. The number of fused-ring (bicyclic) bond motifs is 1. The summed E-state index contributed by atoms with van der Waals surface area (Å²) in [4.78, 5) is 7.61. The number of aromatic amines is 1. The number of halogens is 1. The topological polar surface area (TPSA) is 64.5 Å². The predicted molar refractivity (Wildman–Crippen MR) is 84.5 cm³/mol. The fourth-order valence-electron chi connectivity index (χ4n) is 2.14. The van der Waals surface area contributed by atoms with Gasteiger partial charge in [-0.2, -0.15) is 5.26 Å². The number of H-pyrrole nitrogens is 1. The second kappa shape index (κ2) is 5.86. The minimum atomic E-state index is 0.624. The first kappa shape index (κ1) is 13.5. The predicted octanol–water partition coefficient (Wildman–Crippen LogP) is 3.74. The van der Waals surface area contributed by atoms with Crippen molar-refractivity contribution < 1.29 is 0 Å². The van der Waals surface area contributed by atoms with Crippen molar-refractivity contribution in [2.75, 3.05) is 11.9 Å². The zero-order valence-electron chi connectivity index (χ0n) is 11.2. The van der Waals surface area contributed by atoms with Crippen molar-refractivity contribution in [2.24, 2.45) is 0 Å². The second-order valence-electron chi connectivity index (χ2n) is 4.73. The number of nitriles is 1. The Bertz CT molecular complexity index is 799. The number of aromatic nitrogens is 2. The van der Waals surface area contributed by atoms with Crippen LogP contribution in [0.15, 0.2) is 42.5 Å². The molecule has 0 aliphatic carbocycles. The number of rotatable bonds is 4. The molecule has 0 saturated carbocycles. The van der Waals surface area contributed by atoms with Crippen molar-refractivity contribution in [3.63, 3.8) is 0 Å². The largest absolute Gasteiger partial charge is 0.355 e. The van der Waals surface area contributed by atoms with Gasteiger partial charge in [0.1, 0.15) is 0 Å². The molecule has 3 rings (SSSR count). The average molecular weight is 297 g/mol. The molecule has 3 aromatic rings. The summed E-state index contributed by atoms with van der Waals surface area (Å²) < 4.78 is 0. The molecule has 4 nitrogen and oxygen atoms in total. The summed E-state index contributed by atoms with van der Waals surface area (Å²) in [6.07, 6.45) is 0.887. The highest BCUT2D eigenvalue weighted by molar-refractivity contribution is 6.30. The Hall–Kier alpha value is -2.51. The lowest BCUT2D eigenvalue weighted by Gasteiger charge is -2.03. The summed E-state index contributed by atoms with van der Waals surface area (Å²) in [7, 11) is 0. The van der Waals surface area contributed by atoms with Crippen molar-refractivity contribution in [2.45, 2.75) is 6.42 Å². The first-order valence-corrected chi connectivity index (χ1v) is 7.00. The van der Waals surface area contributed by atoms with Crippen molar-refractivity contribution >= 4 is 28.6 Å². The van der Waals surface area contributed by atoms with E-state index in [4.69, 9.17) is 16.9 Å². The number of hydrogen-bond acceptors (Lipinski definition) is 3. The summed E-state index contributed by atoms with van der Waals surface area (Å²) in [6.45, 7) is 0.770. The van der Waals surface area contributed by atoms with Gasteiger partial charge in [-0.15, -0.1) is 0 Å². The van der Waals surface area contributed by atoms with E-state index in [1.54, 1.807) is 12.1 Å². The van der Waals surface area contributed by atoms with Gasteiger partial charge in [-0.3, -0.25) is 0 Å². The van der Waals surface area contributed by atoms with E-state index in [2.05, 4.69) is 21.4 Å². The van der Waals surface area contributed by atoms with E-state index in [1.807, 2.05) is 30.3 Å². The third-order valence-electron chi connectivity index (χ3n) is 3.23. The minimum absolute atomic E-state index is 0.624. The Morgan fingerprint density at radius 3 is 2.76 bits per heavy atom. The standard InChI is InChI=1S/C16H13ClN4/c17-13-4-1-11(2-5-13)7-8-19-16-20-14-6-3-12(10-18)9-15(14)21-16/h1-6,9H,7-8H2,(H2,19,20,21). The Morgan fingerprint density at radius 2 is 2.00 bits per heavy atom. The maximum atomic E-state index is 8.88. The number of imidazole rings is 1. The van der Waals surface area contributed by atoms with Gasteiger partial charge in [0, 0.05) is 11.6 Å². The van der Waals surface area contributed by atoms with Crippen LogP contribution < -0.4 is 5.32 Å². The maximum Gasteiger partial charge on any atom is 0.201 e. The van der Waals surface area contributed by atoms with Crippen molar-refractivity contribution in [3.05, 3.63) is 58.6 Å². The van der Waals surface area contributed by atoms with Gasteiger partial charge in [-0.25, -0.2) is 4.98 Å². The van der Waals surface area contributed by atoms with Crippen LogP contribution in [-0.2, 0) is 6.42 Å². The summed E-state index contributed by atoms with van der Waals surface area (Å²) in [5.74, 6) is 0.717. The SMILES string of the molecule is N#Cc1ccc2nc(NCCc3ccc(Cl)cc3)[nH]c2c1. The van der Waals surface area contributed by atoms with Crippen LogP contribution in [0.5, 0.6) is 0 Å². The van der Waals surface area contributed by atoms with Gasteiger partial charge in [0.05, 0.1) is 22.7 Å². The third kappa shape index (κ3) is 3.15. The van der Waals surface area contributed by atoms with E-state index in [0.717, 1.165) is 29.0 Å². The highest BCUT2D eigenvalue weighted by Gasteiger charge is 2.03. The molecular formula is C16H13ClN4. The molecule has 2 aromatic carbocycles. The van der Waals surface area contributed by atoms with Gasteiger partial charge >= 0.3 is 0 Å². The van der Waals surface area contributed by atoms with E-state index in [9.17, 15) is 0 Å². The van der Waals surface area contributed by atoms with Crippen LogP contribution in [0.25, 0.3) is 11.0 Å². The molecule has 2 N–H and O–H groups in total. The first-order valence-electron chi connectivity index (χ1n) is 6.63. The molecule has 0 atom stereocenters. The lowest BCUT2D eigenvalue weighted by molar-refractivity contribution is 1.000. The van der Waals surface area contributed by atoms with Gasteiger partial charge in [-0.05, 0) is 42.3 Å². The van der Waals surface area contributed by atoms with Gasteiger partial charge in [0.25, 0.3) is 0 Å². The molecule has 0 fully saturated rings. The number of anilines is 1.